The van der Waals surface area contributed by atoms with Crippen LogP contribution >= 0.6 is 11.6 Å². The standard InChI is InChI=1S/C10H11ClN4O2S/c1-2-15-13-6-9(14-15)7-18(16,17)10-4-3-8(11)5-12-10/h3-6H,2,7H2,1H3. The molecule has 0 radical (unpaired) electrons. The molecule has 2 aromatic rings. The van der Waals surface area contributed by atoms with E-state index in [1.54, 1.807) is 0 Å². The van der Waals surface area contributed by atoms with Gasteiger partial charge in [-0.25, -0.2) is 13.4 Å². The molecule has 8 heteroatoms. The van der Waals surface area contributed by atoms with Crippen LogP contribution in [0.15, 0.2) is 29.6 Å². The molecule has 0 saturated carbocycles. The molecule has 0 spiro atoms. The first-order chi connectivity index (χ1) is 8.51. The van der Waals surface area contributed by atoms with Crippen molar-refractivity contribution in [2.24, 2.45) is 0 Å². The summed E-state index contributed by atoms with van der Waals surface area (Å²) < 4.78 is 24.1. The Balaban J connectivity index is 2.24. The minimum absolute atomic E-state index is 0.0158. The molecule has 0 aliphatic heterocycles. The van der Waals surface area contributed by atoms with Crippen molar-refractivity contribution in [1.29, 1.82) is 0 Å². The SMILES string of the molecule is CCn1ncc(CS(=O)(=O)c2ccc(Cl)cn2)n1. The van der Waals surface area contributed by atoms with E-state index < -0.39 is 9.84 Å². The van der Waals surface area contributed by atoms with Crippen LogP contribution in [-0.4, -0.2) is 28.4 Å². The van der Waals surface area contributed by atoms with Gasteiger partial charge in [-0.15, -0.1) is 0 Å². The molecule has 6 nitrogen and oxygen atoms in total. The maximum Gasteiger partial charge on any atom is 0.201 e. The number of halogens is 1. The van der Waals surface area contributed by atoms with Crippen LogP contribution in [-0.2, 0) is 22.1 Å². The van der Waals surface area contributed by atoms with E-state index in [2.05, 4.69) is 15.2 Å². The highest BCUT2D eigenvalue weighted by Gasteiger charge is 2.18. The lowest BCUT2D eigenvalue weighted by atomic mass is 10.5. The Labute approximate surface area is 110 Å². The van der Waals surface area contributed by atoms with Gasteiger partial charge in [0.05, 0.1) is 23.5 Å². The molecule has 0 atom stereocenters. The van der Waals surface area contributed by atoms with Crippen LogP contribution in [0, 0.1) is 0 Å². The van der Waals surface area contributed by atoms with Crippen LogP contribution in [0.2, 0.25) is 5.02 Å². The van der Waals surface area contributed by atoms with E-state index >= 15 is 0 Å². The summed E-state index contributed by atoms with van der Waals surface area (Å²) in [7, 11) is -3.51. The quantitative estimate of drug-likeness (QED) is 0.847. The molecule has 0 aliphatic carbocycles. The third kappa shape index (κ3) is 2.85. The third-order valence-corrected chi connectivity index (χ3v) is 4.00. The molecular weight excluding hydrogens is 276 g/mol. The van der Waals surface area contributed by atoms with E-state index in [1.165, 1.54) is 29.3 Å². The second-order valence-electron chi connectivity index (χ2n) is 3.60. The van der Waals surface area contributed by atoms with Gasteiger partial charge in [0.15, 0.2) is 5.03 Å². The number of nitrogens with zero attached hydrogens (tertiary/aromatic N) is 4. The van der Waals surface area contributed by atoms with Crippen LogP contribution in [0.5, 0.6) is 0 Å². The Morgan fingerprint density at radius 3 is 2.67 bits per heavy atom. The number of hydrogen-bond acceptors (Lipinski definition) is 5. The Bertz CT molecular complexity index is 636. The maximum atomic E-state index is 12.0. The first kappa shape index (κ1) is 13.0. The molecule has 0 aliphatic rings. The van der Waals surface area contributed by atoms with E-state index in [4.69, 9.17) is 11.6 Å². The molecule has 0 N–H and O–H groups in total. The number of aryl methyl sites for hydroxylation is 1. The van der Waals surface area contributed by atoms with Crippen molar-refractivity contribution in [2.75, 3.05) is 0 Å². The highest BCUT2D eigenvalue weighted by atomic mass is 35.5. The second-order valence-corrected chi connectivity index (χ2v) is 5.97. The van der Waals surface area contributed by atoms with Gasteiger partial charge in [0.25, 0.3) is 0 Å². The highest BCUT2D eigenvalue weighted by Crippen LogP contribution is 2.14. The molecule has 2 heterocycles. The summed E-state index contributed by atoms with van der Waals surface area (Å²) in [6.07, 6.45) is 2.74. The number of sulfone groups is 1. The van der Waals surface area contributed by atoms with Crippen LogP contribution in [0.1, 0.15) is 12.6 Å². The zero-order valence-electron chi connectivity index (χ0n) is 9.62. The summed E-state index contributed by atoms with van der Waals surface area (Å²) in [6, 6.07) is 2.87. The van der Waals surface area contributed by atoms with E-state index in [-0.39, 0.29) is 10.8 Å². The molecule has 2 aromatic heterocycles. The van der Waals surface area contributed by atoms with Crippen LogP contribution in [0.25, 0.3) is 0 Å². The van der Waals surface area contributed by atoms with Crippen LogP contribution in [0.3, 0.4) is 0 Å². The Morgan fingerprint density at radius 1 is 1.33 bits per heavy atom. The van der Waals surface area contributed by atoms with Crippen LogP contribution < -0.4 is 0 Å². The average molecular weight is 287 g/mol. The minimum atomic E-state index is -3.51. The summed E-state index contributed by atoms with van der Waals surface area (Å²) in [4.78, 5) is 5.23. The minimum Gasteiger partial charge on any atom is -0.243 e. The van der Waals surface area contributed by atoms with Gasteiger partial charge in [-0.3, -0.25) is 0 Å². The van der Waals surface area contributed by atoms with E-state index in [0.29, 0.717) is 17.3 Å². The largest absolute Gasteiger partial charge is 0.243 e. The fraction of sp³-hybridized carbons (Fsp3) is 0.300. The fourth-order valence-electron chi connectivity index (χ4n) is 1.37. The van der Waals surface area contributed by atoms with Crippen molar-refractivity contribution in [3.05, 3.63) is 35.2 Å². The van der Waals surface area contributed by atoms with E-state index in [1.807, 2.05) is 6.92 Å². The fourth-order valence-corrected chi connectivity index (χ4v) is 2.64. The third-order valence-electron chi connectivity index (χ3n) is 2.22. The van der Waals surface area contributed by atoms with Crippen molar-refractivity contribution < 1.29 is 8.42 Å². The lowest BCUT2D eigenvalue weighted by Gasteiger charge is -2.01. The monoisotopic (exact) mass is 286 g/mol. The van der Waals surface area contributed by atoms with Crippen molar-refractivity contribution in [3.8, 4) is 0 Å². The van der Waals surface area contributed by atoms with Crippen LogP contribution in [0.4, 0.5) is 0 Å². The van der Waals surface area contributed by atoms with Crippen molar-refractivity contribution in [1.82, 2.24) is 20.0 Å². The van der Waals surface area contributed by atoms with E-state index in [9.17, 15) is 8.42 Å². The Kier molecular flexibility index (Phi) is 3.63. The van der Waals surface area contributed by atoms with Crippen molar-refractivity contribution in [2.45, 2.75) is 24.2 Å². The number of pyridine rings is 1. The molecule has 18 heavy (non-hydrogen) atoms. The zero-order chi connectivity index (χ0) is 13.2. The van der Waals surface area contributed by atoms with Gasteiger partial charge in [0.2, 0.25) is 9.84 Å². The molecule has 0 unspecified atom stereocenters. The van der Waals surface area contributed by atoms with Gasteiger partial charge in [-0.2, -0.15) is 15.0 Å². The number of aromatic nitrogens is 4. The van der Waals surface area contributed by atoms with Gasteiger partial charge < -0.3 is 0 Å². The molecule has 0 fully saturated rings. The molecule has 0 amide bonds. The predicted molar refractivity (Wildman–Crippen MR) is 65.8 cm³/mol. The molecule has 0 saturated heterocycles. The van der Waals surface area contributed by atoms with E-state index in [0.717, 1.165) is 0 Å². The van der Waals surface area contributed by atoms with Crippen molar-refractivity contribution >= 4 is 21.4 Å². The Morgan fingerprint density at radius 2 is 2.11 bits per heavy atom. The van der Waals surface area contributed by atoms with Gasteiger partial charge >= 0.3 is 0 Å². The first-order valence-corrected chi connectivity index (χ1v) is 7.27. The molecular formula is C10H11ClN4O2S. The average Bonchev–Trinajstić information content (AvgIpc) is 2.76. The van der Waals surface area contributed by atoms with Gasteiger partial charge in [-0.1, -0.05) is 11.6 Å². The summed E-state index contributed by atoms with van der Waals surface area (Å²) in [5, 5.41) is 8.33. The zero-order valence-corrected chi connectivity index (χ0v) is 11.2. The smallest absolute Gasteiger partial charge is 0.201 e. The molecule has 0 aromatic carbocycles. The summed E-state index contributed by atoms with van der Waals surface area (Å²) in [5.41, 5.74) is 0.397. The summed E-state index contributed by atoms with van der Waals surface area (Å²) in [6.45, 7) is 2.47. The lowest BCUT2D eigenvalue weighted by Crippen LogP contribution is -2.08. The summed E-state index contributed by atoms with van der Waals surface area (Å²) in [5.74, 6) is -0.221. The predicted octanol–water partition coefficient (Wildman–Crippen LogP) is 1.32. The first-order valence-electron chi connectivity index (χ1n) is 5.24. The molecule has 0 bridgehead atoms. The van der Waals surface area contributed by atoms with Gasteiger partial charge in [-0.05, 0) is 19.1 Å². The maximum absolute atomic E-state index is 12.0. The number of hydrogen-bond donors (Lipinski definition) is 0. The second kappa shape index (κ2) is 5.03. The summed E-state index contributed by atoms with van der Waals surface area (Å²) >= 11 is 5.66. The van der Waals surface area contributed by atoms with Gasteiger partial charge in [0.1, 0.15) is 5.75 Å². The highest BCUT2D eigenvalue weighted by molar-refractivity contribution is 7.90. The van der Waals surface area contributed by atoms with Gasteiger partial charge in [0, 0.05) is 6.20 Å². The molecule has 96 valence electrons. The normalized spacial score (nSPS) is 11.7. The topological polar surface area (TPSA) is 77.7 Å². The Hall–Kier alpha value is -1.47. The van der Waals surface area contributed by atoms with Crippen molar-refractivity contribution in [3.63, 3.8) is 0 Å². The number of rotatable bonds is 4. The molecule has 2 rings (SSSR count). The lowest BCUT2D eigenvalue weighted by molar-refractivity contribution is 0.563.